The first kappa shape index (κ1) is 26.3. The third kappa shape index (κ3) is 4.72. The van der Waals surface area contributed by atoms with E-state index in [-0.39, 0.29) is 5.78 Å². The van der Waals surface area contributed by atoms with Crippen LogP contribution in [-0.2, 0) is 22.6 Å². The molecular formula is C32H28ClNO5. The molecule has 6 nitrogen and oxygen atoms in total. The van der Waals surface area contributed by atoms with Crippen LogP contribution >= 0.6 is 11.6 Å². The Hall–Kier alpha value is -4.29. The van der Waals surface area contributed by atoms with Crippen LogP contribution in [0.5, 0.6) is 11.5 Å². The first-order valence-electron chi connectivity index (χ1n) is 12.5. The highest BCUT2D eigenvalue weighted by atomic mass is 35.5. The Morgan fingerprint density at radius 3 is 2.46 bits per heavy atom. The van der Waals surface area contributed by atoms with Gasteiger partial charge in [-0.05, 0) is 42.7 Å². The molecule has 0 radical (unpaired) electrons. The van der Waals surface area contributed by atoms with Gasteiger partial charge in [-0.15, -0.1) is 6.58 Å². The maximum Gasteiger partial charge on any atom is 0.336 e. The van der Waals surface area contributed by atoms with Gasteiger partial charge in [0.25, 0.3) is 0 Å². The fourth-order valence-electron chi connectivity index (χ4n) is 5.25. The van der Waals surface area contributed by atoms with Gasteiger partial charge in [0.05, 0.1) is 25.5 Å². The number of dihydropyridines is 1. The first-order valence-corrected chi connectivity index (χ1v) is 12.9. The summed E-state index contributed by atoms with van der Waals surface area (Å²) in [5.41, 5.74) is 6.11. The predicted molar refractivity (Wildman–Crippen MR) is 151 cm³/mol. The van der Waals surface area contributed by atoms with E-state index in [0.717, 1.165) is 22.3 Å². The van der Waals surface area contributed by atoms with Crippen molar-refractivity contribution >= 4 is 29.1 Å². The van der Waals surface area contributed by atoms with Crippen molar-refractivity contribution in [1.82, 2.24) is 5.32 Å². The number of allylic oxidation sites excluding steroid dienone is 3. The van der Waals surface area contributed by atoms with E-state index >= 15 is 0 Å². The van der Waals surface area contributed by atoms with Gasteiger partial charge >= 0.3 is 5.97 Å². The fourth-order valence-corrected chi connectivity index (χ4v) is 5.38. The Morgan fingerprint density at radius 1 is 1.08 bits per heavy atom. The van der Waals surface area contributed by atoms with Crippen LogP contribution in [0.1, 0.15) is 45.5 Å². The number of rotatable bonds is 8. The normalized spacial score (nSPS) is 15.9. The van der Waals surface area contributed by atoms with Crippen LogP contribution in [0.25, 0.3) is 5.70 Å². The molecule has 0 aromatic heterocycles. The van der Waals surface area contributed by atoms with E-state index in [4.69, 9.17) is 25.8 Å². The Balaban J connectivity index is 1.64. The van der Waals surface area contributed by atoms with Gasteiger partial charge in [0.2, 0.25) is 0 Å². The molecule has 0 unspecified atom stereocenters. The summed E-state index contributed by atoms with van der Waals surface area (Å²) in [6, 6.07) is 18.7. The zero-order chi connectivity index (χ0) is 27.7. The van der Waals surface area contributed by atoms with Gasteiger partial charge in [-0.25, -0.2) is 4.79 Å². The van der Waals surface area contributed by atoms with Gasteiger partial charge in [0.15, 0.2) is 17.3 Å². The van der Waals surface area contributed by atoms with E-state index in [0.29, 0.717) is 57.7 Å². The molecule has 198 valence electrons. The highest BCUT2D eigenvalue weighted by molar-refractivity contribution is 6.30. The molecule has 0 bridgehead atoms. The predicted octanol–water partition coefficient (Wildman–Crippen LogP) is 6.40. The second kappa shape index (κ2) is 10.8. The summed E-state index contributed by atoms with van der Waals surface area (Å²) in [5, 5.41) is 3.96. The molecule has 5 rings (SSSR count). The van der Waals surface area contributed by atoms with E-state index in [1.54, 1.807) is 19.3 Å². The number of fused-ring (bicyclic) bond motifs is 2. The van der Waals surface area contributed by atoms with Gasteiger partial charge in [-0.2, -0.15) is 0 Å². The fraction of sp³-hybridized carbons (Fsp3) is 0.188. The number of hydrogen-bond acceptors (Lipinski definition) is 6. The van der Waals surface area contributed by atoms with Crippen molar-refractivity contribution < 1.29 is 23.8 Å². The summed E-state index contributed by atoms with van der Waals surface area (Å²) in [4.78, 5) is 26.8. The lowest BCUT2D eigenvalue weighted by Crippen LogP contribution is -2.29. The molecule has 0 saturated heterocycles. The van der Waals surface area contributed by atoms with Crippen molar-refractivity contribution in [1.29, 1.82) is 0 Å². The molecule has 2 aliphatic rings. The minimum absolute atomic E-state index is 0.126. The molecule has 1 aliphatic carbocycles. The summed E-state index contributed by atoms with van der Waals surface area (Å²) < 4.78 is 17.2. The smallest absolute Gasteiger partial charge is 0.336 e. The quantitative estimate of drug-likeness (QED) is 0.263. The number of ketones is 1. The number of ether oxygens (including phenoxy) is 3. The number of methoxy groups -OCH3 is 2. The SMILES string of the molecule is C=CCc1cc([C@H]2C(C(=O)OC)=C(C)NC3=C2C(=O)c2ccccc23)cc(OC)c1OCc1ccc(Cl)cc1. The highest BCUT2D eigenvalue weighted by Crippen LogP contribution is 2.48. The number of hydrogen-bond donors (Lipinski definition) is 1. The maximum absolute atomic E-state index is 13.7. The number of benzene rings is 3. The Morgan fingerprint density at radius 2 is 1.79 bits per heavy atom. The molecule has 0 fully saturated rings. The van der Waals surface area contributed by atoms with Gasteiger partial charge in [0.1, 0.15) is 6.61 Å². The summed E-state index contributed by atoms with van der Waals surface area (Å²) in [5.74, 6) is -0.243. The average molecular weight is 542 g/mol. The Labute approximate surface area is 232 Å². The van der Waals surface area contributed by atoms with Crippen molar-refractivity contribution in [3.63, 3.8) is 0 Å². The molecule has 39 heavy (non-hydrogen) atoms. The van der Waals surface area contributed by atoms with Crippen LogP contribution in [0.15, 0.2) is 90.2 Å². The molecule has 3 aromatic rings. The largest absolute Gasteiger partial charge is 0.493 e. The van der Waals surface area contributed by atoms with E-state index in [9.17, 15) is 9.59 Å². The molecular weight excluding hydrogens is 514 g/mol. The first-order chi connectivity index (χ1) is 18.9. The summed E-state index contributed by atoms with van der Waals surface area (Å²) in [6.07, 6.45) is 2.27. The number of carbonyl (C=O) groups is 2. The lowest BCUT2D eigenvalue weighted by molar-refractivity contribution is -0.136. The van der Waals surface area contributed by atoms with E-state index in [2.05, 4.69) is 11.9 Å². The third-order valence-corrected chi connectivity index (χ3v) is 7.27. The summed E-state index contributed by atoms with van der Waals surface area (Å²) in [6.45, 7) is 6.04. The van der Waals surface area contributed by atoms with Crippen LogP contribution in [0.2, 0.25) is 5.02 Å². The van der Waals surface area contributed by atoms with Crippen LogP contribution in [0.3, 0.4) is 0 Å². The summed E-state index contributed by atoms with van der Waals surface area (Å²) >= 11 is 6.03. The number of carbonyl (C=O) groups excluding carboxylic acids is 2. The van der Waals surface area contributed by atoms with Gasteiger partial charge < -0.3 is 19.5 Å². The summed E-state index contributed by atoms with van der Waals surface area (Å²) in [7, 11) is 2.91. The second-order valence-electron chi connectivity index (χ2n) is 9.37. The van der Waals surface area contributed by atoms with Crippen molar-refractivity contribution in [2.45, 2.75) is 25.9 Å². The van der Waals surface area contributed by atoms with E-state index in [1.807, 2.05) is 61.5 Å². The van der Waals surface area contributed by atoms with Crippen molar-refractivity contribution in [2.75, 3.05) is 14.2 Å². The van der Waals surface area contributed by atoms with Crippen LogP contribution < -0.4 is 14.8 Å². The van der Waals surface area contributed by atoms with Gasteiger partial charge in [0, 0.05) is 38.9 Å². The number of nitrogens with one attached hydrogen (secondary N) is 1. The minimum Gasteiger partial charge on any atom is -0.493 e. The zero-order valence-corrected chi connectivity index (χ0v) is 22.7. The molecule has 1 aliphatic heterocycles. The lowest BCUT2D eigenvalue weighted by Gasteiger charge is -2.30. The molecule has 0 spiro atoms. The monoisotopic (exact) mass is 541 g/mol. The van der Waals surface area contributed by atoms with Crippen molar-refractivity contribution in [3.8, 4) is 11.5 Å². The van der Waals surface area contributed by atoms with Gasteiger partial charge in [-0.3, -0.25) is 4.79 Å². The average Bonchev–Trinajstić information content (AvgIpc) is 3.23. The molecule has 1 atom stereocenters. The molecule has 0 saturated carbocycles. The molecule has 7 heteroatoms. The Kier molecular flexibility index (Phi) is 7.31. The maximum atomic E-state index is 13.7. The van der Waals surface area contributed by atoms with Crippen LogP contribution in [0.4, 0.5) is 0 Å². The highest BCUT2D eigenvalue weighted by Gasteiger charge is 2.43. The van der Waals surface area contributed by atoms with Crippen LogP contribution in [-0.4, -0.2) is 26.0 Å². The van der Waals surface area contributed by atoms with E-state index < -0.39 is 11.9 Å². The molecule has 1 N–H and O–H groups in total. The standard InChI is InChI=1S/C32H28ClNO5/c1-5-8-20-15-21(16-25(37-3)31(20)39-17-19-11-13-22(33)14-12-19)27-26(32(36)38-4)18(2)34-29-23-9-6-7-10-24(23)30(35)28(27)29/h5-7,9-16,27,34H,1,8,17H2,2-4H3/t27-/m0/s1. The number of halogens is 1. The van der Waals surface area contributed by atoms with Gasteiger partial charge in [-0.1, -0.05) is 60.1 Å². The third-order valence-electron chi connectivity index (χ3n) is 7.02. The second-order valence-corrected chi connectivity index (χ2v) is 9.81. The lowest BCUT2D eigenvalue weighted by atomic mass is 9.79. The van der Waals surface area contributed by atoms with Crippen molar-refractivity contribution in [3.05, 3.63) is 123 Å². The van der Waals surface area contributed by atoms with Crippen LogP contribution in [0, 0.1) is 0 Å². The Bertz CT molecular complexity index is 1550. The topological polar surface area (TPSA) is 73.9 Å². The van der Waals surface area contributed by atoms with Crippen molar-refractivity contribution in [2.24, 2.45) is 0 Å². The molecule has 1 heterocycles. The molecule has 3 aromatic carbocycles. The molecule has 0 amide bonds. The number of Topliss-reactive ketones (excluding diaryl/α,β-unsaturated/α-hetero) is 1. The van der Waals surface area contributed by atoms with E-state index in [1.165, 1.54) is 7.11 Å². The number of esters is 1. The zero-order valence-electron chi connectivity index (χ0n) is 22.0. The minimum atomic E-state index is -0.670.